The highest BCUT2D eigenvalue weighted by Crippen LogP contribution is 2.20. The molecule has 1 atom stereocenters. The van der Waals surface area contributed by atoms with Gasteiger partial charge in [-0.3, -0.25) is 9.59 Å². The molecule has 0 aliphatic carbocycles. The molecule has 0 aliphatic rings. The topological polar surface area (TPSA) is 76.7 Å². The Bertz CT molecular complexity index is 719. The van der Waals surface area contributed by atoms with Gasteiger partial charge in [-0.2, -0.15) is 0 Å². The van der Waals surface area contributed by atoms with Crippen molar-refractivity contribution in [2.75, 3.05) is 26.1 Å². The molecule has 0 bridgehead atoms. The van der Waals surface area contributed by atoms with Gasteiger partial charge in [-0.1, -0.05) is 36.4 Å². The minimum Gasteiger partial charge on any atom is -0.497 e. The number of esters is 1. The summed E-state index contributed by atoms with van der Waals surface area (Å²) in [6.45, 7) is 0.514. The maximum absolute atomic E-state index is 12.8. The SMILES string of the molecule is COC(=O)CCCN[C@@H](C(=O)Nc1cccc(OC)c1)c1ccccc1. The van der Waals surface area contributed by atoms with E-state index in [2.05, 4.69) is 15.4 Å². The normalized spacial score (nSPS) is 11.5. The Labute approximate surface area is 153 Å². The molecule has 0 heterocycles. The van der Waals surface area contributed by atoms with Crippen LogP contribution in [0.1, 0.15) is 24.4 Å². The number of ether oxygens (including phenoxy) is 2. The van der Waals surface area contributed by atoms with Crippen molar-refractivity contribution in [3.63, 3.8) is 0 Å². The van der Waals surface area contributed by atoms with E-state index in [0.29, 0.717) is 30.8 Å². The van der Waals surface area contributed by atoms with E-state index in [1.54, 1.807) is 19.2 Å². The Morgan fingerprint density at radius 1 is 1.04 bits per heavy atom. The highest BCUT2D eigenvalue weighted by atomic mass is 16.5. The van der Waals surface area contributed by atoms with Crippen LogP contribution in [0.25, 0.3) is 0 Å². The van der Waals surface area contributed by atoms with E-state index in [1.807, 2.05) is 42.5 Å². The van der Waals surface area contributed by atoms with Crippen molar-refractivity contribution >= 4 is 17.6 Å². The van der Waals surface area contributed by atoms with E-state index >= 15 is 0 Å². The Balaban J connectivity index is 2.04. The summed E-state index contributed by atoms with van der Waals surface area (Å²) in [6.07, 6.45) is 0.894. The molecule has 0 unspecified atom stereocenters. The fourth-order valence-electron chi connectivity index (χ4n) is 2.50. The lowest BCUT2D eigenvalue weighted by atomic mass is 10.1. The smallest absolute Gasteiger partial charge is 0.305 e. The fourth-order valence-corrected chi connectivity index (χ4v) is 2.50. The number of benzene rings is 2. The number of methoxy groups -OCH3 is 2. The van der Waals surface area contributed by atoms with Crippen molar-refractivity contribution in [1.82, 2.24) is 5.32 Å². The summed E-state index contributed by atoms with van der Waals surface area (Å²) in [5.74, 6) is 0.233. The monoisotopic (exact) mass is 356 g/mol. The molecule has 138 valence electrons. The standard InChI is InChI=1S/C20H24N2O4/c1-25-17-11-6-10-16(14-17)22-20(24)19(15-8-4-3-5-9-15)21-13-7-12-18(23)26-2/h3-6,8-11,14,19,21H,7,12-13H2,1-2H3,(H,22,24)/t19-/m1/s1. The third-order valence-electron chi connectivity index (χ3n) is 3.87. The first-order valence-electron chi connectivity index (χ1n) is 8.44. The van der Waals surface area contributed by atoms with Gasteiger partial charge < -0.3 is 20.1 Å². The Morgan fingerprint density at radius 3 is 2.50 bits per heavy atom. The maximum atomic E-state index is 12.8. The van der Waals surface area contributed by atoms with Gasteiger partial charge in [-0.25, -0.2) is 0 Å². The van der Waals surface area contributed by atoms with Crippen LogP contribution >= 0.6 is 0 Å². The number of carbonyl (C=O) groups is 2. The van der Waals surface area contributed by atoms with E-state index in [-0.39, 0.29) is 11.9 Å². The lowest BCUT2D eigenvalue weighted by Crippen LogP contribution is -2.33. The number of carbonyl (C=O) groups excluding carboxylic acids is 2. The number of anilines is 1. The molecule has 6 nitrogen and oxygen atoms in total. The van der Waals surface area contributed by atoms with Crippen molar-refractivity contribution in [1.29, 1.82) is 0 Å². The van der Waals surface area contributed by atoms with Crippen molar-refractivity contribution in [2.45, 2.75) is 18.9 Å². The molecule has 0 aliphatic heterocycles. The van der Waals surface area contributed by atoms with Crippen LogP contribution in [-0.4, -0.2) is 32.6 Å². The van der Waals surface area contributed by atoms with Crippen LogP contribution in [0.3, 0.4) is 0 Å². The first-order valence-corrected chi connectivity index (χ1v) is 8.44. The summed E-state index contributed by atoms with van der Waals surface area (Å²) in [7, 11) is 2.95. The zero-order chi connectivity index (χ0) is 18.8. The summed E-state index contributed by atoms with van der Waals surface area (Å²) in [6, 6.07) is 16.1. The van der Waals surface area contributed by atoms with Gasteiger partial charge in [0, 0.05) is 18.2 Å². The average molecular weight is 356 g/mol. The summed E-state index contributed by atoms with van der Waals surface area (Å²) < 4.78 is 9.82. The second kappa shape index (κ2) is 10.2. The molecular weight excluding hydrogens is 332 g/mol. The lowest BCUT2D eigenvalue weighted by molar-refractivity contribution is -0.140. The van der Waals surface area contributed by atoms with Gasteiger partial charge >= 0.3 is 5.97 Å². The molecule has 0 aromatic heterocycles. The van der Waals surface area contributed by atoms with Gasteiger partial charge in [-0.05, 0) is 30.7 Å². The van der Waals surface area contributed by atoms with Crippen LogP contribution in [0.4, 0.5) is 5.69 Å². The summed E-state index contributed by atoms with van der Waals surface area (Å²) in [5.41, 5.74) is 1.51. The van der Waals surface area contributed by atoms with E-state index in [4.69, 9.17) is 4.74 Å². The number of hydrogen-bond acceptors (Lipinski definition) is 5. The number of nitrogens with one attached hydrogen (secondary N) is 2. The van der Waals surface area contributed by atoms with Crippen molar-refractivity contribution in [3.05, 3.63) is 60.2 Å². The predicted molar refractivity (Wildman–Crippen MR) is 100 cm³/mol. The number of hydrogen-bond donors (Lipinski definition) is 2. The van der Waals surface area contributed by atoms with Gasteiger partial charge in [0.1, 0.15) is 11.8 Å². The molecule has 2 aromatic rings. The molecule has 6 heteroatoms. The van der Waals surface area contributed by atoms with E-state index in [1.165, 1.54) is 7.11 Å². The zero-order valence-electron chi connectivity index (χ0n) is 15.0. The quantitative estimate of drug-likeness (QED) is 0.534. The van der Waals surface area contributed by atoms with Gasteiger partial charge in [0.15, 0.2) is 0 Å². The van der Waals surface area contributed by atoms with E-state index in [9.17, 15) is 9.59 Å². The van der Waals surface area contributed by atoms with Crippen LogP contribution in [0.15, 0.2) is 54.6 Å². The van der Waals surface area contributed by atoms with Crippen molar-refractivity contribution in [2.24, 2.45) is 0 Å². The molecule has 0 radical (unpaired) electrons. The van der Waals surface area contributed by atoms with Crippen LogP contribution < -0.4 is 15.4 Å². The van der Waals surface area contributed by atoms with Crippen LogP contribution in [0.2, 0.25) is 0 Å². The average Bonchev–Trinajstić information content (AvgIpc) is 2.68. The molecular formula is C20H24N2O4. The minimum atomic E-state index is -0.528. The number of amides is 1. The van der Waals surface area contributed by atoms with Crippen LogP contribution in [0, 0.1) is 0 Å². The molecule has 1 amide bonds. The second-order valence-electron chi connectivity index (χ2n) is 5.70. The molecule has 0 fully saturated rings. The zero-order valence-corrected chi connectivity index (χ0v) is 15.0. The summed E-state index contributed by atoms with van der Waals surface area (Å²) in [4.78, 5) is 24.0. The molecule has 26 heavy (non-hydrogen) atoms. The summed E-state index contributed by atoms with van der Waals surface area (Å²) in [5, 5.41) is 6.12. The Hall–Kier alpha value is -2.86. The van der Waals surface area contributed by atoms with E-state index in [0.717, 1.165) is 5.56 Å². The van der Waals surface area contributed by atoms with Gasteiger partial charge in [0.05, 0.1) is 14.2 Å². The van der Waals surface area contributed by atoms with Crippen molar-refractivity contribution < 1.29 is 19.1 Å². The van der Waals surface area contributed by atoms with E-state index < -0.39 is 6.04 Å². The third kappa shape index (κ3) is 5.89. The minimum absolute atomic E-state index is 0.178. The maximum Gasteiger partial charge on any atom is 0.305 e. The van der Waals surface area contributed by atoms with Gasteiger partial charge in [-0.15, -0.1) is 0 Å². The molecule has 0 saturated heterocycles. The highest BCUT2D eigenvalue weighted by molar-refractivity contribution is 5.95. The molecule has 0 spiro atoms. The fraction of sp³-hybridized carbons (Fsp3) is 0.300. The predicted octanol–water partition coefficient (Wildman–Crippen LogP) is 2.92. The summed E-state index contributed by atoms with van der Waals surface area (Å²) >= 11 is 0. The van der Waals surface area contributed by atoms with Crippen molar-refractivity contribution in [3.8, 4) is 5.75 Å². The molecule has 0 saturated carbocycles. The van der Waals surface area contributed by atoms with Gasteiger partial charge in [0.25, 0.3) is 0 Å². The van der Waals surface area contributed by atoms with Gasteiger partial charge in [0.2, 0.25) is 5.91 Å². The van der Waals surface area contributed by atoms with Crippen LogP contribution in [0.5, 0.6) is 5.75 Å². The lowest BCUT2D eigenvalue weighted by Gasteiger charge is -2.19. The van der Waals surface area contributed by atoms with Crippen LogP contribution in [-0.2, 0) is 14.3 Å². The molecule has 2 N–H and O–H groups in total. The first-order chi connectivity index (χ1) is 12.6. The largest absolute Gasteiger partial charge is 0.497 e. The highest BCUT2D eigenvalue weighted by Gasteiger charge is 2.20. The number of rotatable bonds is 9. The first kappa shape index (κ1) is 19.5. The Morgan fingerprint density at radius 2 is 1.81 bits per heavy atom. The second-order valence-corrected chi connectivity index (χ2v) is 5.70. The third-order valence-corrected chi connectivity index (χ3v) is 3.87. The molecule has 2 rings (SSSR count). The molecule has 2 aromatic carbocycles. The Kier molecular flexibility index (Phi) is 7.64.